The van der Waals surface area contributed by atoms with Crippen LogP contribution in [0, 0.1) is 5.82 Å². The SMILES string of the molecule is CCNCc1cc(F)cc(N(C)Cc2cccc(Cl)c2)c1. The van der Waals surface area contributed by atoms with Crippen LogP contribution >= 0.6 is 11.6 Å². The van der Waals surface area contributed by atoms with Gasteiger partial charge in [-0.05, 0) is 48.0 Å². The van der Waals surface area contributed by atoms with Crippen LogP contribution in [0.15, 0.2) is 42.5 Å². The van der Waals surface area contributed by atoms with Crippen molar-refractivity contribution < 1.29 is 4.39 Å². The Balaban J connectivity index is 2.14. The molecule has 0 atom stereocenters. The first kappa shape index (κ1) is 15.8. The van der Waals surface area contributed by atoms with Crippen molar-refractivity contribution in [2.24, 2.45) is 0 Å². The molecule has 2 aromatic carbocycles. The van der Waals surface area contributed by atoms with Gasteiger partial charge in [-0.3, -0.25) is 0 Å². The molecule has 0 bridgehead atoms. The lowest BCUT2D eigenvalue weighted by atomic mass is 10.1. The van der Waals surface area contributed by atoms with Crippen molar-refractivity contribution in [2.45, 2.75) is 20.0 Å². The van der Waals surface area contributed by atoms with Crippen molar-refractivity contribution in [1.29, 1.82) is 0 Å². The van der Waals surface area contributed by atoms with Crippen molar-refractivity contribution in [1.82, 2.24) is 5.32 Å². The zero-order valence-corrected chi connectivity index (χ0v) is 13.1. The molecule has 0 fully saturated rings. The van der Waals surface area contributed by atoms with Gasteiger partial charge in [0.15, 0.2) is 0 Å². The van der Waals surface area contributed by atoms with Crippen LogP contribution in [0.3, 0.4) is 0 Å². The molecule has 2 rings (SSSR count). The molecule has 0 heterocycles. The Labute approximate surface area is 130 Å². The van der Waals surface area contributed by atoms with Crippen LogP contribution in [-0.4, -0.2) is 13.6 Å². The van der Waals surface area contributed by atoms with Gasteiger partial charge in [0.25, 0.3) is 0 Å². The molecule has 2 aromatic rings. The van der Waals surface area contributed by atoms with Gasteiger partial charge >= 0.3 is 0 Å². The average Bonchev–Trinajstić information content (AvgIpc) is 2.44. The lowest BCUT2D eigenvalue weighted by Gasteiger charge is -2.20. The fraction of sp³-hybridized carbons (Fsp3) is 0.294. The molecule has 0 aromatic heterocycles. The van der Waals surface area contributed by atoms with E-state index in [1.807, 2.05) is 49.2 Å². The third-order valence-corrected chi connectivity index (χ3v) is 3.51. The summed E-state index contributed by atoms with van der Waals surface area (Å²) in [6, 6.07) is 12.9. The molecule has 4 heteroatoms. The summed E-state index contributed by atoms with van der Waals surface area (Å²) < 4.78 is 13.7. The van der Waals surface area contributed by atoms with E-state index in [1.54, 1.807) is 12.1 Å². The average molecular weight is 307 g/mol. The van der Waals surface area contributed by atoms with Crippen molar-refractivity contribution in [3.8, 4) is 0 Å². The van der Waals surface area contributed by atoms with E-state index in [-0.39, 0.29) is 5.82 Å². The Hall–Kier alpha value is -1.58. The fourth-order valence-electron chi connectivity index (χ4n) is 2.23. The smallest absolute Gasteiger partial charge is 0.125 e. The van der Waals surface area contributed by atoms with Crippen LogP contribution in [0.5, 0.6) is 0 Å². The van der Waals surface area contributed by atoms with Crippen LogP contribution in [-0.2, 0) is 13.1 Å². The predicted molar refractivity (Wildman–Crippen MR) is 87.3 cm³/mol. The summed E-state index contributed by atoms with van der Waals surface area (Å²) in [5.41, 5.74) is 2.91. The quantitative estimate of drug-likeness (QED) is 0.859. The maximum atomic E-state index is 13.7. The van der Waals surface area contributed by atoms with Crippen molar-refractivity contribution in [3.63, 3.8) is 0 Å². The number of benzene rings is 2. The van der Waals surface area contributed by atoms with Gasteiger partial charge in [0.2, 0.25) is 0 Å². The number of halogens is 2. The number of rotatable bonds is 6. The van der Waals surface area contributed by atoms with Gasteiger partial charge in [0.1, 0.15) is 5.82 Å². The highest BCUT2D eigenvalue weighted by Gasteiger charge is 2.06. The Bertz CT molecular complexity index is 601. The summed E-state index contributed by atoms with van der Waals surface area (Å²) in [6.07, 6.45) is 0. The first-order chi connectivity index (χ1) is 10.1. The molecular weight excluding hydrogens is 287 g/mol. The molecule has 112 valence electrons. The van der Waals surface area contributed by atoms with E-state index in [9.17, 15) is 4.39 Å². The van der Waals surface area contributed by atoms with Gasteiger partial charge in [0, 0.05) is 30.8 Å². The lowest BCUT2D eigenvalue weighted by Crippen LogP contribution is -2.18. The minimum absolute atomic E-state index is 0.210. The molecule has 0 saturated carbocycles. The second-order valence-electron chi connectivity index (χ2n) is 5.08. The molecule has 0 radical (unpaired) electrons. The molecular formula is C17H20ClFN2. The summed E-state index contributed by atoms with van der Waals surface area (Å²) in [5, 5.41) is 3.93. The van der Waals surface area contributed by atoms with Gasteiger partial charge in [0.05, 0.1) is 0 Å². The molecule has 0 aliphatic carbocycles. The Kier molecular flexibility index (Phi) is 5.59. The van der Waals surface area contributed by atoms with Gasteiger partial charge in [-0.15, -0.1) is 0 Å². The maximum Gasteiger partial charge on any atom is 0.125 e. The second kappa shape index (κ2) is 7.43. The number of nitrogens with one attached hydrogen (secondary N) is 1. The summed E-state index contributed by atoms with van der Waals surface area (Å²) >= 11 is 6.00. The zero-order valence-electron chi connectivity index (χ0n) is 12.4. The number of hydrogen-bond acceptors (Lipinski definition) is 2. The van der Waals surface area contributed by atoms with Crippen LogP contribution in [0.1, 0.15) is 18.1 Å². The number of nitrogens with zero attached hydrogens (tertiary/aromatic N) is 1. The second-order valence-corrected chi connectivity index (χ2v) is 5.52. The van der Waals surface area contributed by atoms with Gasteiger partial charge in [-0.1, -0.05) is 30.7 Å². The highest BCUT2D eigenvalue weighted by molar-refractivity contribution is 6.30. The molecule has 0 spiro atoms. The van der Waals surface area contributed by atoms with Crippen LogP contribution in [0.4, 0.5) is 10.1 Å². The largest absolute Gasteiger partial charge is 0.370 e. The summed E-state index contributed by atoms with van der Waals surface area (Å²) in [4.78, 5) is 2.02. The molecule has 0 saturated heterocycles. The third kappa shape index (κ3) is 4.73. The normalized spacial score (nSPS) is 10.7. The number of anilines is 1. The minimum atomic E-state index is -0.210. The van der Waals surface area contributed by atoms with E-state index in [1.165, 1.54) is 0 Å². The zero-order chi connectivity index (χ0) is 15.2. The maximum absolute atomic E-state index is 13.7. The predicted octanol–water partition coefficient (Wildman–Crippen LogP) is 4.23. The summed E-state index contributed by atoms with van der Waals surface area (Å²) in [5.74, 6) is -0.210. The van der Waals surface area contributed by atoms with Crippen molar-refractivity contribution in [2.75, 3.05) is 18.5 Å². The standard InChI is InChI=1S/C17H20ClFN2/c1-3-20-11-14-8-16(19)10-17(9-14)21(2)12-13-5-4-6-15(18)7-13/h4-10,20H,3,11-12H2,1-2H3. The van der Waals surface area contributed by atoms with E-state index in [0.717, 1.165) is 23.4 Å². The first-order valence-electron chi connectivity index (χ1n) is 7.04. The van der Waals surface area contributed by atoms with Crippen molar-refractivity contribution >= 4 is 17.3 Å². The van der Waals surface area contributed by atoms with E-state index < -0.39 is 0 Å². The van der Waals surface area contributed by atoms with Crippen LogP contribution in [0.2, 0.25) is 5.02 Å². The Morgan fingerprint density at radius 2 is 1.95 bits per heavy atom. The molecule has 0 aliphatic heterocycles. The third-order valence-electron chi connectivity index (χ3n) is 3.27. The van der Waals surface area contributed by atoms with Gasteiger partial charge in [-0.25, -0.2) is 4.39 Å². The minimum Gasteiger partial charge on any atom is -0.370 e. The number of hydrogen-bond donors (Lipinski definition) is 1. The van der Waals surface area contributed by atoms with Gasteiger partial charge in [-0.2, -0.15) is 0 Å². The molecule has 2 nitrogen and oxygen atoms in total. The van der Waals surface area contributed by atoms with E-state index in [0.29, 0.717) is 18.1 Å². The molecule has 0 aliphatic rings. The highest BCUT2D eigenvalue weighted by atomic mass is 35.5. The van der Waals surface area contributed by atoms with E-state index in [2.05, 4.69) is 5.32 Å². The first-order valence-corrected chi connectivity index (χ1v) is 7.42. The van der Waals surface area contributed by atoms with E-state index >= 15 is 0 Å². The fourth-order valence-corrected chi connectivity index (χ4v) is 2.44. The van der Waals surface area contributed by atoms with Crippen LogP contribution in [0.25, 0.3) is 0 Å². The summed E-state index contributed by atoms with van der Waals surface area (Å²) in [7, 11) is 1.95. The van der Waals surface area contributed by atoms with Crippen LogP contribution < -0.4 is 10.2 Å². The monoisotopic (exact) mass is 306 g/mol. The lowest BCUT2D eigenvalue weighted by molar-refractivity contribution is 0.621. The summed E-state index contributed by atoms with van der Waals surface area (Å²) in [6.45, 7) is 4.26. The Morgan fingerprint density at radius 3 is 2.67 bits per heavy atom. The molecule has 1 N–H and O–H groups in total. The Morgan fingerprint density at radius 1 is 1.14 bits per heavy atom. The topological polar surface area (TPSA) is 15.3 Å². The highest BCUT2D eigenvalue weighted by Crippen LogP contribution is 2.20. The van der Waals surface area contributed by atoms with Gasteiger partial charge < -0.3 is 10.2 Å². The van der Waals surface area contributed by atoms with Crippen molar-refractivity contribution in [3.05, 3.63) is 64.4 Å². The van der Waals surface area contributed by atoms with E-state index in [4.69, 9.17) is 11.6 Å². The molecule has 0 amide bonds. The molecule has 21 heavy (non-hydrogen) atoms. The molecule has 0 unspecified atom stereocenters.